The minimum atomic E-state index is -0.721. The molecule has 1 aliphatic heterocycles. The molecule has 22 heavy (non-hydrogen) atoms. The van der Waals surface area contributed by atoms with Gasteiger partial charge in [0, 0.05) is 32.4 Å². The number of hydrogen-bond donors (Lipinski definition) is 0. The molecule has 114 valence electrons. The molecular weight excluding hydrogens is 305 g/mol. The molecule has 2 aromatic rings. The highest BCUT2D eigenvalue weighted by Crippen LogP contribution is 2.26. The smallest absolute Gasteiger partial charge is 0.258 e. The number of carbonyl (C=O) groups is 1. The predicted octanol–water partition coefficient (Wildman–Crippen LogP) is 2.84. The molecule has 4 nitrogen and oxygen atoms in total. The molecule has 6 heteroatoms. The molecule has 1 aromatic heterocycles. The first-order valence-electron chi connectivity index (χ1n) is 7.06. The number of hydrogen-bond acceptors (Lipinski definition) is 3. The molecule has 1 fully saturated rings. The van der Waals surface area contributed by atoms with Crippen molar-refractivity contribution in [3.05, 3.63) is 59.1 Å². The van der Waals surface area contributed by atoms with Crippen LogP contribution in [0.2, 0.25) is 5.02 Å². The van der Waals surface area contributed by atoms with Crippen LogP contribution in [0.3, 0.4) is 0 Å². The van der Waals surface area contributed by atoms with E-state index in [1.54, 1.807) is 11.0 Å². The van der Waals surface area contributed by atoms with Crippen molar-refractivity contribution >= 4 is 23.2 Å². The van der Waals surface area contributed by atoms with Gasteiger partial charge in [0.15, 0.2) is 0 Å². The number of pyridine rings is 1. The van der Waals surface area contributed by atoms with E-state index in [0.717, 1.165) is 5.69 Å². The summed E-state index contributed by atoms with van der Waals surface area (Å²) in [6.07, 6.45) is 1.33. The van der Waals surface area contributed by atoms with Crippen LogP contribution in [0.4, 0.5) is 10.1 Å². The molecule has 0 aliphatic carbocycles. The molecule has 1 amide bonds. The van der Waals surface area contributed by atoms with E-state index >= 15 is 0 Å². The van der Waals surface area contributed by atoms with Crippen molar-refractivity contribution in [1.29, 1.82) is 0 Å². The number of halogens is 2. The van der Waals surface area contributed by atoms with E-state index in [2.05, 4.69) is 9.88 Å². The fourth-order valence-corrected chi connectivity index (χ4v) is 2.83. The quantitative estimate of drug-likeness (QED) is 0.799. The highest BCUT2D eigenvalue weighted by atomic mass is 35.5. The second-order valence-electron chi connectivity index (χ2n) is 5.07. The van der Waals surface area contributed by atoms with Crippen LogP contribution in [0, 0.1) is 5.95 Å². The summed E-state index contributed by atoms with van der Waals surface area (Å²) in [5, 5.41) is 0.695. The second kappa shape index (κ2) is 6.32. The summed E-state index contributed by atoms with van der Waals surface area (Å²) in [6, 6.07) is 10.7. The van der Waals surface area contributed by atoms with Crippen LogP contribution in [0.15, 0.2) is 42.6 Å². The average Bonchev–Trinajstić information content (AvgIpc) is 2.55. The average molecular weight is 320 g/mol. The first-order chi connectivity index (χ1) is 10.7. The number of aromatic nitrogens is 1. The van der Waals surface area contributed by atoms with Crippen LogP contribution in [-0.2, 0) is 0 Å². The summed E-state index contributed by atoms with van der Waals surface area (Å²) in [6.45, 7) is 2.38. The highest BCUT2D eigenvalue weighted by Gasteiger charge is 2.25. The maximum atomic E-state index is 13.6. The molecule has 0 N–H and O–H groups in total. The molecular formula is C16H15ClFN3O. The molecule has 0 atom stereocenters. The molecule has 1 saturated heterocycles. The van der Waals surface area contributed by atoms with Crippen molar-refractivity contribution in [3.8, 4) is 0 Å². The van der Waals surface area contributed by atoms with Gasteiger partial charge in [0.1, 0.15) is 0 Å². The number of amides is 1. The van der Waals surface area contributed by atoms with Gasteiger partial charge in [-0.1, -0.05) is 23.7 Å². The Labute approximate surface area is 133 Å². The highest BCUT2D eigenvalue weighted by molar-refractivity contribution is 6.33. The number of anilines is 1. The normalized spacial score (nSPS) is 15.0. The van der Waals surface area contributed by atoms with E-state index < -0.39 is 5.95 Å². The van der Waals surface area contributed by atoms with E-state index in [-0.39, 0.29) is 11.5 Å². The van der Waals surface area contributed by atoms with E-state index in [1.165, 1.54) is 12.3 Å². The van der Waals surface area contributed by atoms with Gasteiger partial charge in [-0.25, -0.2) is 4.98 Å². The Kier molecular flexibility index (Phi) is 4.24. The maximum Gasteiger partial charge on any atom is 0.258 e. The first kappa shape index (κ1) is 14.8. The predicted molar refractivity (Wildman–Crippen MR) is 83.8 cm³/mol. The Morgan fingerprint density at radius 1 is 1.09 bits per heavy atom. The van der Waals surface area contributed by atoms with Gasteiger partial charge in [-0.3, -0.25) is 4.79 Å². The summed E-state index contributed by atoms with van der Waals surface area (Å²) in [5.41, 5.74) is 0.984. The van der Waals surface area contributed by atoms with Crippen molar-refractivity contribution in [3.63, 3.8) is 0 Å². The second-order valence-corrected chi connectivity index (χ2v) is 5.48. The van der Waals surface area contributed by atoms with Crippen molar-refractivity contribution in [1.82, 2.24) is 9.88 Å². The lowest BCUT2D eigenvalue weighted by Crippen LogP contribution is -2.49. The van der Waals surface area contributed by atoms with Crippen LogP contribution in [0.1, 0.15) is 10.4 Å². The summed E-state index contributed by atoms with van der Waals surface area (Å²) in [5.74, 6) is -1.04. The number of nitrogens with zero attached hydrogens (tertiary/aromatic N) is 3. The molecule has 0 radical (unpaired) electrons. The molecule has 2 heterocycles. The van der Waals surface area contributed by atoms with Crippen LogP contribution < -0.4 is 4.90 Å². The van der Waals surface area contributed by atoms with Crippen LogP contribution >= 0.6 is 11.6 Å². The molecule has 1 aromatic carbocycles. The Balaban J connectivity index is 1.68. The molecule has 0 unspecified atom stereocenters. The zero-order valence-corrected chi connectivity index (χ0v) is 12.6. The van der Waals surface area contributed by atoms with Gasteiger partial charge in [0.25, 0.3) is 5.91 Å². The Bertz CT molecular complexity index is 687. The molecule has 0 spiro atoms. The van der Waals surface area contributed by atoms with Gasteiger partial charge >= 0.3 is 0 Å². The summed E-state index contributed by atoms with van der Waals surface area (Å²) >= 11 is 6.19. The van der Waals surface area contributed by atoms with Gasteiger partial charge in [-0.2, -0.15) is 4.39 Å². The lowest BCUT2D eigenvalue weighted by molar-refractivity contribution is 0.0741. The topological polar surface area (TPSA) is 36.4 Å². The fraction of sp³-hybridized carbons (Fsp3) is 0.250. The Morgan fingerprint density at radius 2 is 1.82 bits per heavy atom. The van der Waals surface area contributed by atoms with Crippen molar-refractivity contribution < 1.29 is 9.18 Å². The SMILES string of the molecule is O=C(c1cccnc1F)N1CCN(c2ccccc2Cl)CC1. The minimum Gasteiger partial charge on any atom is -0.367 e. The van der Waals surface area contributed by atoms with Crippen LogP contribution in [0.5, 0.6) is 0 Å². The van der Waals surface area contributed by atoms with Gasteiger partial charge in [-0.05, 0) is 24.3 Å². The van der Waals surface area contributed by atoms with Crippen LogP contribution in [0.25, 0.3) is 0 Å². The van der Waals surface area contributed by atoms with Crippen molar-refractivity contribution in [2.24, 2.45) is 0 Å². The standard InChI is InChI=1S/C16H15ClFN3O/c17-13-5-1-2-6-14(13)20-8-10-21(11-9-20)16(22)12-4-3-7-19-15(12)18/h1-7H,8-11H2. The summed E-state index contributed by atoms with van der Waals surface area (Å²) < 4.78 is 13.6. The molecule has 3 rings (SSSR count). The number of piperazine rings is 1. The minimum absolute atomic E-state index is 0.0219. The third-order valence-corrected chi connectivity index (χ3v) is 4.07. The summed E-state index contributed by atoms with van der Waals surface area (Å²) in [4.78, 5) is 19.6. The van der Waals surface area contributed by atoms with Gasteiger partial charge in [0.05, 0.1) is 16.3 Å². The summed E-state index contributed by atoms with van der Waals surface area (Å²) in [7, 11) is 0. The number of benzene rings is 1. The van der Waals surface area contributed by atoms with E-state index in [1.807, 2.05) is 24.3 Å². The zero-order chi connectivity index (χ0) is 15.5. The largest absolute Gasteiger partial charge is 0.367 e. The monoisotopic (exact) mass is 319 g/mol. The van der Waals surface area contributed by atoms with Gasteiger partial charge in [-0.15, -0.1) is 0 Å². The third-order valence-electron chi connectivity index (χ3n) is 3.75. The van der Waals surface area contributed by atoms with Crippen molar-refractivity contribution in [2.75, 3.05) is 31.1 Å². The van der Waals surface area contributed by atoms with E-state index in [0.29, 0.717) is 31.2 Å². The third kappa shape index (κ3) is 2.90. The van der Waals surface area contributed by atoms with E-state index in [4.69, 9.17) is 11.6 Å². The molecule has 0 bridgehead atoms. The molecule has 1 aliphatic rings. The lowest BCUT2D eigenvalue weighted by atomic mass is 10.2. The maximum absolute atomic E-state index is 13.6. The van der Waals surface area contributed by atoms with E-state index in [9.17, 15) is 9.18 Å². The molecule has 0 saturated carbocycles. The Morgan fingerprint density at radius 3 is 2.50 bits per heavy atom. The van der Waals surface area contributed by atoms with Crippen molar-refractivity contribution in [2.45, 2.75) is 0 Å². The van der Waals surface area contributed by atoms with Crippen LogP contribution in [-0.4, -0.2) is 42.0 Å². The van der Waals surface area contributed by atoms with Gasteiger partial charge < -0.3 is 9.80 Å². The zero-order valence-electron chi connectivity index (χ0n) is 11.9. The Hall–Kier alpha value is -2.14. The number of carbonyl (C=O) groups excluding carboxylic acids is 1. The number of rotatable bonds is 2. The number of para-hydroxylation sites is 1. The fourth-order valence-electron chi connectivity index (χ4n) is 2.57. The lowest BCUT2D eigenvalue weighted by Gasteiger charge is -2.36. The first-order valence-corrected chi connectivity index (χ1v) is 7.44. The van der Waals surface area contributed by atoms with Gasteiger partial charge in [0.2, 0.25) is 5.95 Å².